The molecule has 0 saturated carbocycles. The molecule has 3 N–H and O–H groups in total. The van der Waals surface area contributed by atoms with Gasteiger partial charge in [0, 0.05) is 22.9 Å². The second-order valence-electron chi connectivity index (χ2n) is 4.97. The van der Waals surface area contributed by atoms with Crippen molar-refractivity contribution in [3.8, 4) is 0 Å². The van der Waals surface area contributed by atoms with E-state index in [1.54, 1.807) is 4.90 Å². The zero-order chi connectivity index (χ0) is 12.1. The number of rotatable bonds is 4. The molecule has 1 aromatic rings. The maximum absolute atomic E-state index is 3.62. The van der Waals surface area contributed by atoms with Crippen LogP contribution >= 0.6 is 15.9 Å². The van der Waals surface area contributed by atoms with Crippen LogP contribution in [0.1, 0.15) is 25.3 Å². The van der Waals surface area contributed by atoms with Crippen LogP contribution in [-0.4, -0.2) is 25.7 Å². The molecule has 1 heterocycles. The predicted molar refractivity (Wildman–Crippen MR) is 74.0 cm³/mol. The summed E-state index contributed by atoms with van der Waals surface area (Å²) in [5.41, 5.74) is 1.41. The highest BCUT2D eigenvalue weighted by Gasteiger charge is 2.23. The number of nitrogens with two attached hydrogens (primary N) is 1. The van der Waals surface area contributed by atoms with Crippen molar-refractivity contribution in [2.45, 2.75) is 32.4 Å². The zero-order valence-electron chi connectivity index (χ0n) is 10.6. The fourth-order valence-electron chi connectivity index (χ4n) is 2.60. The summed E-state index contributed by atoms with van der Waals surface area (Å²) < 4.78 is 1.24. The van der Waals surface area contributed by atoms with Crippen molar-refractivity contribution in [3.63, 3.8) is 0 Å². The summed E-state index contributed by atoms with van der Waals surface area (Å²) in [5.74, 6) is 0. The Labute approximate surface area is 113 Å². The third-order valence-electron chi connectivity index (χ3n) is 3.87. The Morgan fingerprint density at radius 1 is 1.29 bits per heavy atom. The van der Waals surface area contributed by atoms with Crippen molar-refractivity contribution in [2.24, 2.45) is 0 Å². The molecule has 1 aliphatic rings. The molecule has 0 radical (unpaired) electrons. The maximum Gasteiger partial charge on any atom is 0.103 e. The summed E-state index contributed by atoms with van der Waals surface area (Å²) in [6.07, 6.45) is 2.74. The highest BCUT2D eigenvalue weighted by atomic mass is 79.9. The van der Waals surface area contributed by atoms with Crippen LogP contribution in [-0.2, 0) is 6.54 Å². The lowest BCUT2D eigenvalue weighted by atomic mass is 10.0. The molecule has 1 fully saturated rings. The van der Waals surface area contributed by atoms with E-state index in [-0.39, 0.29) is 0 Å². The van der Waals surface area contributed by atoms with E-state index in [2.05, 4.69) is 52.4 Å². The molecule has 0 spiro atoms. The van der Waals surface area contributed by atoms with E-state index in [1.165, 1.54) is 42.5 Å². The molecule has 1 saturated heterocycles. The lowest BCUT2D eigenvalue weighted by molar-refractivity contribution is -0.912. The fourth-order valence-corrected chi connectivity index (χ4v) is 3.04. The molecule has 0 bridgehead atoms. The van der Waals surface area contributed by atoms with Crippen molar-refractivity contribution < 1.29 is 10.2 Å². The molecule has 0 unspecified atom stereocenters. The van der Waals surface area contributed by atoms with Gasteiger partial charge < -0.3 is 10.2 Å². The minimum atomic E-state index is 0.831. The Morgan fingerprint density at radius 2 is 2.00 bits per heavy atom. The smallest absolute Gasteiger partial charge is 0.103 e. The number of halogens is 1. The first-order valence-corrected chi connectivity index (χ1v) is 7.49. The van der Waals surface area contributed by atoms with Crippen LogP contribution in [0.4, 0.5) is 0 Å². The van der Waals surface area contributed by atoms with Gasteiger partial charge in [0.05, 0.1) is 25.7 Å². The van der Waals surface area contributed by atoms with Gasteiger partial charge >= 0.3 is 0 Å². The van der Waals surface area contributed by atoms with E-state index in [0.717, 1.165) is 12.6 Å². The van der Waals surface area contributed by atoms with E-state index in [4.69, 9.17) is 0 Å². The summed E-state index contributed by atoms with van der Waals surface area (Å²) in [6.45, 7) is 7.40. The van der Waals surface area contributed by atoms with Crippen LogP contribution < -0.4 is 10.2 Å². The van der Waals surface area contributed by atoms with Crippen molar-refractivity contribution in [3.05, 3.63) is 34.3 Å². The van der Waals surface area contributed by atoms with Gasteiger partial charge in [-0.05, 0) is 13.0 Å². The van der Waals surface area contributed by atoms with E-state index >= 15 is 0 Å². The second-order valence-corrected chi connectivity index (χ2v) is 5.83. The highest BCUT2D eigenvalue weighted by Crippen LogP contribution is 2.14. The summed E-state index contributed by atoms with van der Waals surface area (Å²) in [4.78, 5) is 1.77. The third-order valence-corrected chi connectivity index (χ3v) is 4.64. The average molecular weight is 299 g/mol. The SMILES string of the molecule is CC[NH+]1CCC([NH2+]Cc2ccccc2Br)CC1. The number of benzene rings is 1. The van der Waals surface area contributed by atoms with Crippen molar-refractivity contribution in [1.82, 2.24) is 0 Å². The number of nitrogens with one attached hydrogen (secondary N) is 1. The van der Waals surface area contributed by atoms with Gasteiger partial charge in [0.1, 0.15) is 6.54 Å². The standard InChI is InChI=1S/C14H21BrN2/c1-2-17-9-7-13(8-10-17)16-11-12-5-3-4-6-14(12)15/h3-6,13,16H,2,7-11H2,1H3/p+2. The Balaban J connectivity index is 1.78. The van der Waals surface area contributed by atoms with Crippen LogP contribution in [0.15, 0.2) is 28.7 Å². The number of hydrogen-bond acceptors (Lipinski definition) is 0. The van der Waals surface area contributed by atoms with Gasteiger partial charge in [-0.15, -0.1) is 0 Å². The van der Waals surface area contributed by atoms with Crippen molar-refractivity contribution in [1.29, 1.82) is 0 Å². The molecule has 17 heavy (non-hydrogen) atoms. The monoisotopic (exact) mass is 298 g/mol. The summed E-state index contributed by atoms with van der Waals surface area (Å²) in [5, 5.41) is 2.52. The van der Waals surface area contributed by atoms with Crippen LogP contribution in [0, 0.1) is 0 Å². The van der Waals surface area contributed by atoms with Crippen LogP contribution in [0.5, 0.6) is 0 Å². The first kappa shape index (κ1) is 13.1. The molecule has 94 valence electrons. The molecule has 0 atom stereocenters. The fraction of sp³-hybridized carbons (Fsp3) is 0.571. The molecule has 1 aromatic carbocycles. The van der Waals surface area contributed by atoms with Gasteiger partial charge in [-0.1, -0.05) is 34.1 Å². The van der Waals surface area contributed by atoms with Gasteiger partial charge in [0.2, 0.25) is 0 Å². The second kappa shape index (κ2) is 6.53. The predicted octanol–water partition coefficient (Wildman–Crippen LogP) is 0.580. The van der Waals surface area contributed by atoms with Crippen LogP contribution in [0.2, 0.25) is 0 Å². The molecule has 0 aliphatic carbocycles. The van der Waals surface area contributed by atoms with Crippen molar-refractivity contribution in [2.75, 3.05) is 19.6 Å². The van der Waals surface area contributed by atoms with E-state index in [0.29, 0.717) is 0 Å². The topological polar surface area (TPSA) is 21.1 Å². The summed E-state index contributed by atoms with van der Waals surface area (Å²) in [7, 11) is 0. The first-order chi connectivity index (χ1) is 8.29. The van der Waals surface area contributed by atoms with Gasteiger partial charge in [-0.25, -0.2) is 0 Å². The number of hydrogen-bond donors (Lipinski definition) is 2. The molecule has 3 heteroatoms. The van der Waals surface area contributed by atoms with Gasteiger partial charge in [-0.3, -0.25) is 0 Å². The Bertz CT molecular complexity index is 346. The minimum Gasteiger partial charge on any atom is -0.340 e. The summed E-state index contributed by atoms with van der Waals surface area (Å²) >= 11 is 3.62. The largest absolute Gasteiger partial charge is 0.340 e. The third kappa shape index (κ3) is 3.80. The number of likely N-dealkylation sites (tertiary alicyclic amines) is 1. The number of quaternary nitrogens is 2. The molecule has 1 aliphatic heterocycles. The maximum atomic E-state index is 3.62. The van der Waals surface area contributed by atoms with E-state index in [1.807, 2.05) is 0 Å². The molecule has 0 amide bonds. The first-order valence-electron chi connectivity index (χ1n) is 6.70. The quantitative estimate of drug-likeness (QED) is 0.812. The van der Waals surface area contributed by atoms with E-state index in [9.17, 15) is 0 Å². The zero-order valence-corrected chi connectivity index (χ0v) is 12.2. The lowest BCUT2D eigenvalue weighted by Crippen LogP contribution is -3.14. The van der Waals surface area contributed by atoms with Gasteiger partial charge in [0.25, 0.3) is 0 Å². The normalized spacial score (nSPS) is 24.8. The summed E-state index contributed by atoms with van der Waals surface area (Å²) in [6, 6.07) is 9.38. The molecule has 2 nitrogen and oxygen atoms in total. The Morgan fingerprint density at radius 3 is 2.65 bits per heavy atom. The van der Waals surface area contributed by atoms with Crippen LogP contribution in [0.25, 0.3) is 0 Å². The molecular weight excluding hydrogens is 276 g/mol. The van der Waals surface area contributed by atoms with Crippen molar-refractivity contribution >= 4 is 15.9 Å². The molecular formula is C14H23BrN2+2. The van der Waals surface area contributed by atoms with Gasteiger partial charge in [0.15, 0.2) is 0 Å². The molecule has 0 aromatic heterocycles. The van der Waals surface area contributed by atoms with Gasteiger partial charge in [-0.2, -0.15) is 0 Å². The van der Waals surface area contributed by atoms with E-state index < -0.39 is 0 Å². The minimum absolute atomic E-state index is 0.831. The highest BCUT2D eigenvalue weighted by molar-refractivity contribution is 9.10. The average Bonchev–Trinajstić information content (AvgIpc) is 2.38. The Kier molecular flexibility index (Phi) is 5.01. The number of piperidine rings is 1. The lowest BCUT2D eigenvalue weighted by Gasteiger charge is -2.27. The Hall–Kier alpha value is -0.380. The van der Waals surface area contributed by atoms with Crippen LogP contribution in [0.3, 0.4) is 0 Å². The molecule has 2 rings (SSSR count).